The van der Waals surface area contributed by atoms with Crippen molar-refractivity contribution in [1.29, 1.82) is 0 Å². The Morgan fingerprint density at radius 1 is 1.22 bits per heavy atom. The van der Waals surface area contributed by atoms with Gasteiger partial charge in [0, 0.05) is 6.54 Å². The van der Waals surface area contributed by atoms with Crippen molar-refractivity contribution < 1.29 is 9.53 Å². The van der Waals surface area contributed by atoms with Crippen LogP contribution in [0.1, 0.15) is 24.2 Å². The number of likely N-dealkylation sites (N-methyl/N-ethyl adjacent to an activating group) is 1. The molecule has 3 nitrogen and oxygen atoms in total. The van der Waals surface area contributed by atoms with Gasteiger partial charge in [-0.3, -0.25) is 0 Å². The fourth-order valence-electron chi connectivity index (χ4n) is 1.57. The Kier molecular flexibility index (Phi) is 6.47. The molecule has 0 aliphatic heterocycles. The van der Waals surface area contributed by atoms with Gasteiger partial charge in [0.05, 0.1) is 15.6 Å². The highest BCUT2D eigenvalue weighted by Gasteiger charge is 2.15. The van der Waals surface area contributed by atoms with E-state index in [2.05, 4.69) is 18.7 Å². The van der Waals surface area contributed by atoms with Crippen LogP contribution in [0.25, 0.3) is 0 Å². The van der Waals surface area contributed by atoms with Crippen molar-refractivity contribution in [1.82, 2.24) is 4.90 Å². The molecular formula is C13H17Cl2NO2. The third-order valence-corrected chi connectivity index (χ3v) is 3.33. The summed E-state index contributed by atoms with van der Waals surface area (Å²) in [6, 6.07) is 4.93. The second-order valence-electron chi connectivity index (χ2n) is 3.76. The molecular weight excluding hydrogens is 273 g/mol. The van der Waals surface area contributed by atoms with Gasteiger partial charge in [-0.1, -0.05) is 43.1 Å². The maximum atomic E-state index is 11.8. The van der Waals surface area contributed by atoms with E-state index in [0.29, 0.717) is 23.2 Å². The van der Waals surface area contributed by atoms with Gasteiger partial charge < -0.3 is 9.64 Å². The number of hydrogen-bond acceptors (Lipinski definition) is 3. The molecule has 0 saturated carbocycles. The lowest BCUT2D eigenvalue weighted by atomic mass is 10.2. The van der Waals surface area contributed by atoms with E-state index in [1.165, 1.54) is 0 Å². The van der Waals surface area contributed by atoms with E-state index in [4.69, 9.17) is 27.9 Å². The standard InChI is InChI=1S/C13H17Cl2NO2/c1-3-16(4-2)8-9-18-13(17)12-10(14)6-5-7-11(12)15/h5-7H,3-4,8-9H2,1-2H3. The summed E-state index contributed by atoms with van der Waals surface area (Å²) in [5, 5.41) is 0.630. The summed E-state index contributed by atoms with van der Waals surface area (Å²) in [5.74, 6) is -0.474. The average molecular weight is 290 g/mol. The van der Waals surface area contributed by atoms with Crippen LogP contribution in [0.2, 0.25) is 10.0 Å². The van der Waals surface area contributed by atoms with E-state index in [1.54, 1.807) is 18.2 Å². The van der Waals surface area contributed by atoms with Crippen molar-refractivity contribution in [3.8, 4) is 0 Å². The largest absolute Gasteiger partial charge is 0.461 e. The lowest BCUT2D eigenvalue weighted by molar-refractivity contribution is 0.0467. The van der Waals surface area contributed by atoms with Crippen molar-refractivity contribution >= 4 is 29.2 Å². The van der Waals surface area contributed by atoms with Gasteiger partial charge in [0.25, 0.3) is 0 Å². The molecule has 0 fully saturated rings. The lowest BCUT2D eigenvalue weighted by Crippen LogP contribution is -2.28. The van der Waals surface area contributed by atoms with Gasteiger partial charge in [0.1, 0.15) is 6.61 Å². The Balaban J connectivity index is 2.56. The van der Waals surface area contributed by atoms with Gasteiger partial charge in [-0.05, 0) is 25.2 Å². The van der Waals surface area contributed by atoms with Crippen LogP contribution in [0.3, 0.4) is 0 Å². The molecule has 0 spiro atoms. The summed E-state index contributed by atoms with van der Waals surface area (Å²) in [7, 11) is 0. The van der Waals surface area contributed by atoms with Crippen LogP contribution in [0.4, 0.5) is 0 Å². The first-order valence-electron chi connectivity index (χ1n) is 5.93. The van der Waals surface area contributed by atoms with Crippen LogP contribution in [0, 0.1) is 0 Å². The van der Waals surface area contributed by atoms with E-state index >= 15 is 0 Å². The van der Waals surface area contributed by atoms with E-state index in [9.17, 15) is 4.79 Å². The topological polar surface area (TPSA) is 29.5 Å². The number of carbonyl (C=O) groups excluding carboxylic acids is 1. The molecule has 0 bridgehead atoms. The molecule has 0 aliphatic rings. The first kappa shape index (κ1) is 15.3. The van der Waals surface area contributed by atoms with Gasteiger partial charge in [0.2, 0.25) is 0 Å². The Morgan fingerprint density at radius 3 is 2.28 bits per heavy atom. The first-order valence-corrected chi connectivity index (χ1v) is 6.69. The molecule has 0 saturated heterocycles. The number of nitrogens with zero attached hydrogens (tertiary/aromatic N) is 1. The summed E-state index contributed by atoms with van der Waals surface area (Å²) in [6.45, 7) is 7.04. The molecule has 0 aliphatic carbocycles. The maximum Gasteiger partial charge on any atom is 0.341 e. The van der Waals surface area contributed by atoms with Gasteiger partial charge >= 0.3 is 5.97 Å². The van der Waals surface area contributed by atoms with E-state index < -0.39 is 5.97 Å². The molecule has 0 heterocycles. The van der Waals surface area contributed by atoms with Gasteiger partial charge in [-0.25, -0.2) is 4.79 Å². The van der Waals surface area contributed by atoms with Gasteiger partial charge in [-0.2, -0.15) is 0 Å². The molecule has 0 aromatic heterocycles. The lowest BCUT2D eigenvalue weighted by Gasteiger charge is -2.17. The predicted molar refractivity (Wildman–Crippen MR) is 74.5 cm³/mol. The molecule has 0 amide bonds. The summed E-state index contributed by atoms with van der Waals surface area (Å²) in [5.41, 5.74) is 0.236. The number of halogens is 2. The van der Waals surface area contributed by atoms with Crippen LogP contribution < -0.4 is 0 Å². The minimum absolute atomic E-state index is 0.236. The quantitative estimate of drug-likeness (QED) is 0.751. The van der Waals surface area contributed by atoms with Crippen molar-refractivity contribution in [2.24, 2.45) is 0 Å². The second kappa shape index (κ2) is 7.62. The minimum Gasteiger partial charge on any atom is -0.461 e. The number of ether oxygens (including phenoxy) is 1. The Bertz CT molecular complexity index is 386. The summed E-state index contributed by atoms with van der Waals surface area (Å²) in [6.07, 6.45) is 0. The zero-order valence-electron chi connectivity index (χ0n) is 10.6. The number of hydrogen-bond donors (Lipinski definition) is 0. The molecule has 1 aromatic rings. The second-order valence-corrected chi connectivity index (χ2v) is 4.57. The highest BCUT2D eigenvalue weighted by Crippen LogP contribution is 2.24. The molecule has 0 unspecified atom stereocenters. The number of carbonyl (C=O) groups is 1. The van der Waals surface area contributed by atoms with Crippen LogP contribution in [-0.4, -0.2) is 37.1 Å². The molecule has 0 N–H and O–H groups in total. The van der Waals surface area contributed by atoms with E-state index in [-0.39, 0.29) is 5.56 Å². The third-order valence-electron chi connectivity index (χ3n) is 2.70. The normalized spacial score (nSPS) is 10.7. The highest BCUT2D eigenvalue weighted by molar-refractivity contribution is 6.39. The Hall–Kier alpha value is -0.770. The van der Waals surface area contributed by atoms with Crippen molar-refractivity contribution in [3.05, 3.63) is 33.8 Å². The SMILES string of the molecule is CCN(CC)CCOC(=O)c1c(Cl)cccc1Cl. The van der Waals surface area contributed by atoms with Crippen molar-refractivity contribution in [2.75, 3.05) is 26.2 Å². The summed E-state index contributed by atoms with van der Waals surface area (Å²) < 4.78 is 5.17. The van der Waals surface area contributed by atoms with Crippen LogP contribution in [0.5, 0.6) is 0 Å². The molecule has 100 valence electrons. The fraction of sp³-hybridized carbons (Fsp3) is 0.462. The number of benzene rings is 1. The van der Waals surface area contributed by atoms with Crippen molar-refractivity contribution in [3.63, 3.8) is 0 Å². The fourth-order valence-corrected chi connectivity index (χ4v) is 2.12. The minimum atomic E-state index is -0.474. The van der Waals surface area contributed by atoms with E-state index in [1.807, 2.05) is 0 Å². The zero-order valence-corrected chi connectivity index (χ0v) is 12.1. The smallest absolute Gasteiger partial charge is 0.341 e. The van der Waals surface area contributed by atoms with Crippen LogP contribution >= 0.6 is 23.2 Å². The summed E-state index contributed by atoms with van der Waals surface area (Å²) >= 11 is 11.8. The monoisotopic (exact) mass is 289 g/mol. The highest BCUT2D eigenvalue weighted by atomic mass is 35.5. The predicted octanol–water partition coefficient (Wildman–Crippen LogP) is 3.49. The maximum absolute atomic E-state index is 11.8. The Labute approximate surface area is 118 Å². The molecule has 18 heavy (non-hydrogen) atoms. The summed E-state index contributed by atoms with van der Waals surface area (Å²) in [4.78, 5) is 14.0. The van der Waals surface area contributed by atoms with Crippen LogP contribution in [0.15, 0.2) is 18.2 Å². The first-order chi connectivity index (χ1) is 8.60. The average Bonchev–Trinajstić information content (AvgIpc) is 2.34. The molecule has 5 heteroatoms. The van der Waals surface area contributed by atoms with Crippen LogP contribution in [-0.2, 0) is 4.74 Å². The van der Waals surface area contributed by atoms with E-state index in [0.717, 1.165) is 13.1 Å². The van der Waals surface area contributed by atoms with Gasteiger partial charge in [0.15, 0.2) is 0 Å². The number of rotatable bonds is 6. The zero-order chi connectivity index (χ0) is 13.5. The Morgan fingerprint density at radius 2 is 1.78 bits per heavy atom. The van der Waals surface area contributed by atoms with Crippen molar-refractivity contribution in [2.45, 2.75) is 13.8 Å². The number of esters is 1. The third kappa shape index (κ3) is 4.16. The van der Waals surface area contributed by atoms with Gasteiger partial charge in [-0.15, -0.1) is 0 Å². The molecule has 0 radical (unpaired) electrons. The molecule has 1 aromatic carbocycles. The molecule has 0 atom stereocenters. The molecule has 1 rings (SSSR count).